The van der Waals surface area contributed by atoms with Crippen LogP contribution < -0.4 is 0 Å². The Morgan fingerprint density at radius 3 is 2.15 bits per heavy atom. The van der Waals surface area contributed by atoms with E-state index in [1.807, 2.05) is 13.8 Å². The highest BCUT2D eigenvalue weighted by Crippen LogP contribution is 2.59. The largest absolute Gasteiger partial charge is 0.394 e. The second-order valence-electron chi connectivity index (χ2n) is 3.95. The number of halogens is 3. The molecule has 0 spiro atoms. The number of ether oxygens (including phenoxy) is 1. The fourth-order valence-corrected chi connectivity index (χ4v) is 1.32. The Morgan fingerprint density at radius 2 is 1.85 bits per heavy atom. The van der Waals surface area contributed by atoms with E-state index in [9.17, 15) is 13.2 Å². The van der Waals surface area contributed by atoms with Gasteiger partial charge in [-0.1, -0.05) is 0 Å². The van der Waals surface area contributed by atoms with Crippen LogP contribution in [0.5, 0.6) is 0 Å². The van der Waals surface area contributed by atoms with Crippen molar-refractivity contribution in [3.63, 3.8) is 0 Å². The third-order valence-electron chi connectivity index (χ3n) is 2.49. The highest BCUT2D eigenvalue weighted by Gasteiger charge is 2.62. The van der Waals surface area contributed by atoms with Crippen molar-refractivity contribution < 1.29 is 17.9 Å². The maximum atomic E-state index is 12.4. The van der Waals surface area contributed by atoms with Gasteiger partial charge in [0.05, 0.1) is 11.5 Å². The molecule has 4 heteroatoms. The van der Waals surface area contributed by atoms with E-state index in [1.54, 1.807) is 0 Å². The lowest BCUT2D eigenvalue weighted by atomic mass is 10.0. The average molecular weight is 196 g/mol. The highest BCUT2D eigenvalue weighted by atomic mass is 19.4. The lowest BCUT2D eigenvalue weighted by molar-refractivity contribution is -0.192. The first-order valence-corrected chi connectivity index (χ1v) is 4.56. The van der Waals surface area contributed by atoms with Gasteiger partial charge in [-0.15, -0.1) is 0 Å². The van der Waals surface area contributed by atoms with Gasteiger partial charge in [0.25, 0.3) is 0 Å². The summed E-state index contributed by atoms with van der Waals surface area (Å²) in [6.07, 6.45) is -3.35. The minimum Gasteiger partial charge on any atom is -0.379 e. The third kappa shape index (κ3) is 2.59. The zero-order valence-corrected chi connectivity index (χ0v) is 7.95. The molecule has 1 rings (SSSR count). The topological polar surface area (TPSA) is 9.23 Å². The summed E-state index contributed by atoms with van der Waals surface area (Å²) in [5, 5.41) is 0. The van der Waals surface area contributed by atoms with Gasteiger partial charge >= 0.3 is 6.18 Å². The molecule has 78 valence electrons. The molecule has 0 N–H and O–H groups in total. The quantitative estimate of drug-likeness (QED) is 0.671. The van der Waals surface area contributed by atoms with Crippen LogP contribution in [0.2, 0.25) is 0 Å². The predicted molar refractivity (Wildman–Crippen MR) is 43.4 cm³/mol. The van der Waals surface area contributed by atoms with E-state index in [-0.39, 0.29) is 32.0 Å². The molecule has 0 radical (unpaired) electrons. The maximum absolute atomic E-state index is 12.4. The van der Waals surface area contributed by atoms with E-state index in [2.05, 4.69) is 0 Å². The van der Waals surface area contributed by atoms with Crippen LogP contribution in [-0.4, -0.2) is 18.9 Å². The molecule has 1 aliphatic carbocycles. The van der Waals surface area contributed by atoms with Crippen LogP contribution in [0.25, 0.3) is 0 Å². The summed E-state index contributed by atoms with van der Waals surface area (Å²) in [4.78, 5) is 0. The number of hydrogen-bond donors (Lipinski definition) is 0. The van der Waals surface area contributed by atoms with E-state index in [4.69, 9.17) is 4.74 Å². The Balaban J connectivity index is 2.29. The molecule has 0 aromatic carbocycles. The summed E-state index contributed by atoms with van der Waals surface area (Å²) in [6.45, 7) is 3.87. The van der Waals surface area contributed by atoms with E-state index in [1.165, 1.54) is 0 Å². The molecule has 0 bridgehead atoms. The van der Waals surface area contributed by atoms with Crippen LogP contribution >= 0.6 is 0 Å². The summed E-state index contributed by atoms with van der Waals surface area (Å²) in [6, 6.07) is 0. The molecule has 0 aromatic heterocycles. The molecule has 0 atom stereocenters. The minimum absolute atomic E-state index is 0.0176. The summed E-state index contributed by atoms with van der Waals surface area (Å²) < 4.78 is 42.2. The van der Waals surface area contributed by atoms with Gasteiger partial charge in [0.1, 0.15) is 0 Å². The zero-order valence-electron chi connectivity index (χ0n) is 7.95. The van der Waals surface area contributed by atoms with Gasteiger partial charge in [-0.05, 0) is 33.1 Å². The van der Waals surface area contributed by atoms with Crippen molar-refractivity contribution >= 4 is 0 Å². The van der Waals surface area contributed by atoms with Crippen molar-refractivity contribution in [1.29, 1.82) is 0 Å². The molecule has 13 heavy (non-hydrogen) atoms. The van der Waals surface area contributed by atoms with Gasteiger partial charge in [0, 0.05) is 6.61 Å². The van der Waals surface area contributed by atoms with Gasteiger partial charge < -0.3 is 4.74 Å². The molecule has 1 aliphatic rings. The minimum atomic E-state index is -4.03. The van der Waals surface area contributed by atoms with Crippen LogP contribution in [0.3, 0.4) is 0 Å². The van der Waals surface area contributed by atoms with E-state index < -0.39 is 11.6 Å². The lowest BCUT2D eigenvalue weighted by Crippen LogP contribution is -2.26. The Labute approximate surface area is 76.3 Å². The molecule has 1 nitrogen and oxygen atoms in total. The van der Waals surface area contributed by atoms with Crippen molar-refractivity contribution in [3.8, 4) is 0 Å². The average Bonchev–Trinajstić information content (AvgIpc) is 2.65. The lowest BCUT2D eigenvalue weighted by Gasteiger charge is -2.19. The second-order valence-corrected chi connectivity index (χ2v) is 3.95. The third-order valence-corrected chi connectivity index (χ3v) is 2.49. The Morgan fingerprint density at radius 1 is 1.31 bits per heavy atom. The fraction of sp³-hybridized carbons (Fsp3) is 1.00. The second kappa shape index (κ2) is 3.48. The van der Waals surface area contributed by atoms with Crippen LogP contribution in [-0.2, 0) is 4.74 Å². The summed E-state index contributed by atoms with van der Waals surface area (Å²) in [7, 11) is 0. The number of alkyl halides is 3. The van der Waals surface area contributed by atoms with Gasteiger partial charge in [-0.25, -0.2) is 0 Å². The van der Waals surface area contributed by atoms with Crippen molar-refractivity contribution in [2.24, 2.45) is 5.41 Å². The zero-order chi connectivity index (χ0) is 10.1. The molecule has 0 amide bonds. The Kier molecular flexibility index (Phi) is 2.90. The van der Waals surface area contributed by atoms with Gasteiger partial charge in [0.15, 0.2) is 0 Å². The van der Waals surface area contributed by atoms with Crippen LogP contribution in [0.15, 0.2) is 0 Å². The van der Waals surface area contributed by atoms with Gasteiger partial charge in [-0.3, -0.25) is 0 Å². The Bertz CT molecular complexity index is 170. The van der Waals surface area contributed by atoms with Crippen LogP contribution in [0, 0.1) is 5.41 Å². The standard InChI is InChI=1S/C9H15F3O/c1-7(2)13-6-5-8(3-4-8)9(10,11)12/h7H,3-6H2,1-2H3. The first-order valence-electron chi connectivity index (χ1n) is 4.56. The summed E-state index contributed by atoms with van der Waals surface area (Å²) in [5.74, 6) is 0. The molecular formula is C9H15F3O. The van der Waals surface area contributed by atoms with E-state index in [0.29, 0.717) is 0 Å². The van der Waals surface area contributed by atoms with Crippen molar-refractivity contribution in [3.05, 3.63) is 0 Å². The Hall–Kier alpha value is -0.250. The van der Waals surface area contributed by atoms with Gasteiger partial charge in [-0.2, -0.15) is 13.2 Å². The summed E-state index contributed by atoms with van der Waals surface area (Å²) in [5.41, 5.74) is -1.40. The molecule has 0 aromatic rings. The first-order chi connectivity index (χ1) is 5.87. The van der Waals surface area contributed by atoms with Crippen LogP contribution in [0.4, 0.5) is 13.2 Å². The van der Waals surface area contributed by atoms with E-state index in [0.717, 1.165) is 0 Å². The molecule has 1 fully saturated rings. The molecule has 0 heterocycles. The predicted octanol–water partition coefficient (Wildman–Crippen LogP) is 3.14. The van der Waals surface area contributed by atoms with Crippen molar-refractivity contribution in [2.45, 2.75) is 45.4 Å². The fourth-order valence-electron chi connectivity index (χ4n) is 1.32. The van der Waals surface area contributed by atoms with E-state index >= 15 is 0 Å². The molecule has 0 aliphatic heterocycles. The highest BCUT2D eigenvalue weighted by molar-refractivity contribution is 4.98. The molecule has 1 saturated carbocycles. The van der Waals surface area contributed by atoms with Crippen LogP contribution in [0.1, 0.15) is 33.1 Å². The monoisotopic (exact) mass is 196 g/mol. The molecule has 0 unspecified atom stereocenters. The maximum Gasteiger partial charge on any atom is 0.394 e. The number of rotatable bonds is 4. The molecule has 0 saturated heterocycles. The van der Waals surface area contributed by atoms with Gasteiger partial charge in [0.2, 0.25) is 0 Å². The smallest absolute Gasteiger partial charge is 0.379 e. The van der Waals surface area contributed by atoms with Crippen molar-refractivity contribution in [2.75, 3.05) is 6.61 Å². The first kappa shape index (κ1) is 10.8. The molecular weight excluding hydrogens is 181 g/mol. The number of hydrogen-bond acceptors (Lipinski definition) is 1. The normalized spacial score (nSPS) is 20.8. The SMILES string of the molecule is CC(C)OCCC1(C(F)(F)F)CC1. The summed E-state index contributed by atoms with van der Waals surface area (Å²) >= 11 is 0. The van der Waals surface area contributed by atoms with Crippen molar-refractivity contribution in [1.82, 2.24) is 0 Å².